The highest BCUT2D eigenvalue weighted by molar-refractivity contribution is 5.79. The number of nitrogens with zero attached hydrogens (tertiary/aromatic N) is 1. The maximum atomic E-state index is 12.0. The first-order valence-corrected chi connectivity index (χ1v) is 6.54. The molecular weight excluding hydrogens is 200 g/mol. The summed E-state index contributed by atoms with van der Waals surface area (Å²) in [7, 11) is 0. The summed E-state index contributed by atoms with van der Waals surface area (Å²) in [6.07, 6.45) is 5.67. The minimum atomic E-state index is 0.289. The Morgan fingerprint density at radius 3 is 2.75 bits per heavy atom. The third kappa shape index (κ3) is 2.10. The SMILES string of the molecule is CC1(C)CCCCC1N1CC(CN)CC1=O. The van der Waals surface area contributed by atoms with E-state index in [1.165, 1.54) is 25.7 Å². The van der Waals surface area contributed by atoms with Crippen molar-refractivity contribution in [2.75, 3.05) is 13.1 Å². The second kappa shape index (κ2) is 4.36. The minimum Gasteiger partial charge on any atom is -0.339 e. The first-order chi connectivity index (χ1) is 7.54. The Kier molecular flexibility index (Phi) is 3.24. The van der Waals surface area contributed by atoms with E-state index >= 15 is 0 Å². The molecule has 3 nitrogen and oxygen atoms in total. The predicted molar refractivity (Wildman–Crippen MR) is 64.9 cm³/mol. The van der Waals surface area contributed by atoms with Gasteiger partial charge in [-0.1, -0.05) is 26.7 Å². The average molecular weight is 224 g/mol. The van der Waals surface area contributed by atoms with Gasteiger partial charge in [0.25, 0.3) is 0 Å². The van der Waals surface area contributed by atoms with Crippen LogP contribution in [-0.2, 0) is 4.79 Å². The van der Waals surface area contributed by atoms with Gasteiger partial charge in [0.2, 0.25) is 5.91 Å². The van der Waals surface area contributed by atoms with Crippen molar-refractivity contribution in [3.05, 3.63) is 0 Å². The number of likely N-dealkylation sites (tertiary alicyclic amines) is 1. The third-order valence-electron chi connectivity index (χ3n) is 4.40. The van der Waals surface area contributed by atoms with Crippen molar-refractivity contribution in [2.45, 2.75) is 52.0 Å². The molecular formula is C13H24N2O. The highest BCUT2D eigenvalue weighted by Gasteiger charge is 2.41. The van der Waals surface area contributed by atoms with Crippen LogP contribution in [-0.4, -0.2) is 29.9 Å². The fraction of sp³-hybridized carbons (Fsp3) is 0.923. The summed E-state index contributed by atoms with van der Waals surface area (Å²) in [6, 6.07) is 0.449. The first kappa shape index (κ1) is 11.9. The van der Waals surface area contributed by atoms with E-state index in [4.69, 9.17) is 5.73 Å². The summed E-state index contributed by atoms with van der Waals surface area (Å²) < 4.78 is 0. The summed E-state index contributed by atoms with van der Waals surface area (Å²) in [5.74, 6) is 0.723. The molecule has 1 saturated heterocycles. The molecule has 0 aromatic rings. The van der Waals surface area contributed by atoms with E-state index in [1.807, 2.05) is 0 Å². The van der Waals surface area contributed by atoms with Gasteiger partial charge in [0.05, 0.1) is 0 Å². The van der Waals surface area contributed by atoms with Crippen molar-refractivity contribution in [1.82, 2.24) is 4.90 Å². The molecule has 2 unspecified atom stereocenters. The Hall–Kier alpha value is -0.570. The van der Waals surface area contributed by atoms with Gasteiger partial charge >= 0.3 is 0 Å². The Bertz CT molecular complexity index is 275. The smallest absolute Gasteiger partial charge is 0.223 e. The Morgan fingerprint density at radius 2 is 2.19 bits per heavy atom. The molecule has 92 valence electrons. The molecule has 1 aliphatic heterocycles. The van der Waals surface area contributed by atoms with Crippen LogP contribution in [0.5, 0.6) is 0 Å². The number of carbonyl (C=O) groups is 1. The number of nitrogens with two attached hydrogens (primary N) is 1. The summed E-state index contributed by atoms with van der Waals surface area (Å²) in [5, 5.41) is 0. The molecule has 2 rings (SSSR count). The van der Waals surface area contributed by atoms with Gasteiger partial charge in [-0.3, -0.25) is 4.79 Å². The number of amides is 1. The Balaban J connectivity index is 2.09. The van der Waals surface area contributed by atoms with Gasteiger partial charge in [-0.05, 0) is 30.7 Å². The highest BCUT2D eigenvalue weighted by atomic mass is 16.2. The third-order valence-corrected chi connectivity index (χ3v) is 4.40. The van der Waals surface area contributed by atoms with Crippen molar-refractivity contribution < 1.29 is 4.79 Å². The van der Waals surface area contributed by atoms with Crippen molar-refractivity contribution >= 4 is 5.91 Å². The Labute approximate surface area is 98.4 Å². The van der Waals surface area contributed by atoms with Crippen LogP contribution in [0.3, 0.4) is 0 Å². The number of rotatable bonds is 2. The first-order valence-electron chi connectivity index (χ1n) is 6.54. The highest BCUT2D eigenvalue weighted by Crippen LogP contribution is 2.40. The molecule has 2 atom stereocenters. The molecule has 2 N–H and O–H groups in total. The van der Waals surface area contributed by atoms with Crippen LogP contribution >= 0.6 is 0 Å². The zero-order valence-electron chi connectivity index (χ0n) is 10.5. The summed E-state index contributed by atoms with van der Waals surface area (Å²) in [4.78, 5) is 14.1. The molecule has 3 heteroatoms. The van der Waals surface area contributed by atoms with Crippen molar-refractivity contribution in [1.29, 1.82) is 0 Å². The lowest BCUT2D eigenvalue weighted by Crippen LogP contribution is -2.48. The molecule has 1 heterocycles. The molecule has 1 aliphatic carbocycles. The standard InChI is InChI=1S/C13H24N2O/c1-13(2)6-4-3-5-11(13)15-9-10(8-14)7-12(15)16/h10-11H,3-9,14H2,1-2H3. The van der Waals surface area contributed by atoms with Crippen LogP contribution in [0.1, 0.15) is 46.0 Å². The molecule has 2 aliphatic rings. The average Bonchev–Trinajstić information content (AvgIpc) is 2.59. The zero-order chi connectivity index (χ0) is 11.8. The normalized spacial score (nSPS) is 34.4. The van der Waals surface area contributed by atoms with E-state index in [0.717, 1.165) is 6.54 Å². The topological polar surface area (TPSA) is 46.3 Å². The predicted octanol–water partition coefficient (Wildman–Crippen LogP) is 1.76. The van der Waals surface area contributed by atoms with Crippen molar-refractivity contribution in [3.63, 3.8) is 0 Å². The van der Waals surface area contributed by atoms with E-state index in [2.05, 4.69) is 18.7 Å². The summed E-state index contributed by atoms with van der Waals surface area (Å²) in [6.45, 7) is 6.15. The summed E-state index contributed by atoms with van der Waals surface area (Å²) >= 11 is 0. The van der Waals surface area contributed by atoms with Crippen LogP contribution in [0.25, 0.3) is 0 Å². The maximum Gasteiger partial charge on any atom is 0.223 e. The minimum absolute atomic E-state index is 0.289. The van der Waals surface area contributed by atoms with Gasteiger partial charge in [0.15, 0.2) is 0 Å². The largest absolute Gasteiger partial charge is 0.339 e. The van der Waals surface area contributed by atoms with Gasteiger partial charge in [-0.2, -0.15) is 0 Å². The van der Waals surface area contributed by atoms with E-state index in [-0.39, 0.29) is 5.41 Å². The quantitative estimate of drug-likeness (QED) is 0.777. The molecule has 1 amide bonds. The van der Waals surface area contributed by atoms with Crippen molar-refractivity contribution in [3.8, 4) is 0 Å². The second-order valence-electron chi connectivity index (χ2n) is 6.10. The van der Waals surface area contributed by atoms with E-state index in [9.17, 15) is 4.79 Å². The molecule has 0 aromatic carbocycles. The molecule has 2 fully saturated rings. The molecule has 0 spiro atoms. The van der Waals surface area contributed by atoms with E-state index < -0.39 is 0 Å². The van der Waals surface area contributed by atoms with Crippen LogP contribution < -0.4 is 5.73 Å². The van der Waals surface area contributed by atoms with Crippen LogP contribution in [0.15, 0.2) is 0 Å². The van der Waals surface area contributed by atoms with Crippen LogP contribution in [0.4, 0.5) is 0 Å². The van der Waals surface area contributed by atoms with Gasteiger partial charge in [0.1, 0.15) is 0 Å². The molecule has 0 bridgehead atoms. The molecule has 16 heavy (non-hydrogen) atoms. The lowest BCUT2D eigenvalue weighted by Gasteiger charge is -2.44. The van der Waals surface area contributed by atoms with Gasteiger partial charge in [-0.15, -0.1) is 0 Å². The fourth-order valence-corrected chi connectivity index (χ4v) is 3.32. The van der Waals surface area contributed by atoms with Crippen LogP contribution in [0, 0.1) is 11.3 Å². The molecule has 0 radical (unpaired) electrons. The number of carbonyl (C=O) groups excluding carboxylic acids is 1. The van der Waals surface area contributed by atoms with Gasteiger partial charge in [0, 0.05) is 19.0 Å². The van der Waals surface area contributed by atoms with Gasteiger partial charge in [-0.25, -0.2) is 0 Å². The number of hydrogen-bond donors (Lipinski definition) is 1. The van der Waals surface area contributed by atoms with E-state index in [1.54, 1.807) is 0 Å². The monoisotopic (exact) mass is 224 g/mol. The van der Waals surface area contributed by atoms with Gasteiger partial charge < -0.3 is 10.6 Å². The molecule has 1 saturated carbocycles. The Morgan fingerprint density at radius 1 is 1.44 bits per heavy atom. The molecule has 0 aromatic heterocycles. The lowest BCUT2D eigenvalue weighted by atomic mass is 9.72. The fourth-order valence-electron chi connectivity index (χ4n) is 3.32. The lowest BCUT2D eigenvalue weighted by molar-refractivity contribution is -0.133. The van der Waals surface area contributed by atoms with Crippen LogP contribution in [0.2, 0.25) is 0 Å². The van der Waals surface area contributed by atoms with E-state index in [0.29, 0.717) is 30.8 Å². The summed E-state index contributed by atoms with van der Waals surface area (Å²) in [5.41, 5.74) is 5.97. The zero-order valence-corrected chi connectivity index (χ0v) is 10.5. The second-order valence-corrected chi connectivity index (χ2v) is 6.10. The van der Waals surface area contributed by atoms with Crippen molar-refractivity contribution in [2.24, 2.45) is 17.1 Å². The number of hydrogen-bond acceptors (Lipinski definition) is 2. The maximum absolute atomic E-state index is 12.0.